The number of nitrogens with one attached hydrogen (secondary N) is 2. The highest BCUT2D eigenvalue weighted by Gasteiger charge is 2.08. The zero-order valence-corrected chi connectivity index (χ0v) is 8.84. The van der Waals surface area contributed by atoms with Gasteiger partial charge in [0, 0.05) is 5.38 Å². The molecule has 0 fully saturated rings. The number of rotatable bonds is 3. The molecule has 0 aliphatic rings. The van der Waals surface area contributed by atoms with E-state index in [2.05, 4.69) is 25.7 Å². The number of nitrogens with zero attached hydrogens (tertiary/aromatic N) is 3. The minimum Gasteiger partial charge on any atom is -0.345 e. The lowest BCUT2D eigenvalue weighted by molar-refractivity contribution is 0.0945. The van der Waals surface area contributed by atoms with E-state index in [1.165, 1.54) is 6.20 Å². The van der Waals surface area contributed by atoms with Crippen LogP contribution in [0.1, 0.15) is 21.2 Å². The van der Waals surface area contributed by atoms with Crippen LogP contribution in [0.2, 0.25) is 0 Å². The number of hydrogen-bond acceptors (Lipinski definition) is 5. The Morgan fingerprint density at radius 2 is 2.53 bits per heavy atom. The van der Waals surface area contributed by atoms with Gasteiger partial charge >= 0.3 is 0 Å². The lowest BCUT2D eigenvalue weighted by Gasteiger charge is -1.98. The largest absolute Gasteiger partial charge is 0.345 e. The topological polar surface area (TPSA) is 83.6 Å². The molecule has 0 aromatic carbocycles. The molecule has 2 aromatic rings. The van der Waals surface area contributed by atoms with Gasteiger partial charge in [0.15, 0.2) is 5.69 Å². The van der Waals surface area contributed by atoms with E-state index in [0.29, 0.717) is 6.54 Å². The van der Waals surface area contributed by atoms with Crippen LogP contribution in [0.15, 0.2) is 11.6 Å². The average Bonchev–Trinajstić information content (AvgIpc) is 2.84. The van der Waals surface area contributed by atoms with Crippen molar-refractivity contribution in [3.8, 4) is 0 Å². The van der Waals surface area contributed by atoms with E-state index in [0.717, 1.165) is 10.7 Å². The van der Waals surface area contributed by atoms with Gasteiger partial charge in [-0.2, -0.15) is 15.4 Å². The van der Waals surface area contributed by atoms with Gasteiger partial charge in [0.2, 0.25) is 0 Å². The molecule has 2 aromatic heterocycles. The Balaban J connectivity index is 1.91. The first kappa shape index (κ1) is 9.78. The highest BCUT2D eigenvalue weighted by molar-refractivity contribution is 7.09. The minimum absolute atomic E-state index is 0.255. The molecule has 2 rings (SSSR count). The summed E-state index contributed by atoms with van der Waals surface area (Å²) >= 11 is 1.56. The van der Waals surface area contributed by atoms with Crippen molar-refractivity contribution in [3.05, 3.63) is 28.0 Å². The summed E-state index contributed by atoms with van der Waals surface area (Å²) in [5, 5.41) is 15.2. The molecule has 2 heterocycles. The Labute approximate surface area is 89.7 Å². The summed E-state index contributed by atoms with van der Waals surface area (Å²) in [4.78, 5) is 15.7. The number of thiazole rings is 1. The molecule has 0 radical (unpaired) electrons. The second-order valence-electron chi connectivity index (χ2n) is 2.90. The van der Waals surface area contributed by atoms with Gasteiger partial charge in [0.1, 0.15) is 0 Å². The first-order chi connectivity index (χ1) is 7.25. The van der Waals surface area contributed by atoms with E-state index in [1.807, 2.05) is 12.3 Å². The van der Waals surface area contributed by atoms with Crippen LogP contribution in [0.3, 0.4) is 0 Å². The van der Waals surface area contributed by atoms with Crippen LogP contribution in [0.25, 0.3) is 0 Å². The molecule has 0 aliphatic heterocycles. The molecule has 0 spiro atoms. The van der Waals surface area contributed by atoms with Crippen molar-refractivity contribution in [1.29, 1.82) is 0 Å². The predicted octanol–water partition coefficient (Wildman–Crippen LogP) is 0.500. The van der Waals surface area contributed by atoms with E-state index in [9.17, 15) is 4.79 Å². The minimum atomic E-state index is -0.255. The summed E-state index contributed by atoms with van der Waals surface area (Å²) in [7, 11) is 0. The van der Waals surface area contributed by atoms with Crippen LogP contribution >= 0.6 is 11.3 Å². The Bertz CT molecular complexity index is 449. The molecule has 78 valence electrons. The number of aryl methyl sites for hydroxylation is 1. The van der Waals surface area contributed by atoms with Gasteiger partial charge in [-0.05, 0) is 6.92 Å². The molecule has 7 heteroatoms. The van der Waals surface area contributed by atoms with E-state index in [-0.39, 0.29) is 11.6 Å². The van der Waals surface area contributed by atoms with E-state index in [1.54, 1.807) is 11.3 Å². The highest BCUT2D eigenvalue weighted by atomic mass is 32.1. The smallest absolute Gasteiger partial charge is 0.273 e. The monoisotopic (exact) mass is 223 g/mol. The number of H-pyrrole nitrogens is 1. The molecule has 0 unspecified atom stereocenters. The molecule has 0 aliphatic carbocycles. The molecule has 0 atom stereocenters. The summed E-state index contributed by atoms with van der Waals surface area (Å²) in [5.41, 5.74) is 1.14. The van der Waals surface area contributed by atoms with Crippen LogP contribution in [-0.4, -0.2) is 26.3 Å². The van der Waals surface area contributed by atoms with Crippen molar-refractivity contribution in [3.63, 3.8) is 0 Å². The Hall–Kier alpha value is -1.76. The summed E-state index contributed by atoms with van der Waals surface area (Å²) in [6, 6.07) is 0. The standard InChI is InChI=1S/C8H9N5OS/c1-5-11-6(4-15-5)2-9-8(14)7-3-10-13-12-7/h3-4H,2H2,1H3,(H,9,14)(H,10,12,13). The van der Waals surface area contributed by atoms with E-state index < -0.39 is 0 Å². The maximum atomic E-state index is 11.4. The molecule has 6 nitrogen and oxygen atoms in total. The number of carbonyl (C=O) groups is 1. The van der Waals surface area contributed by atoms with Crippen LogP contribution in [0, 0.1) is 6.92 Å². The number of aromatic amines is 1. The summed E-state index contributed by atoms with van der Waals surface area (Å²) in [6.45, 7) is 2.34. The summed E-state index contributed by atoms with van der Waals surface area (Å²) < 4.78 is 0. The molecular weight excluding hydrogens is 214 g/mol. The maximum absolute atomic E-state index is 11.4. The van der Waals surface area contributed by atoms with Gasteiger partial charge in [-0.3, -0.25) is 4.79 Å². The first-order valence-corrected chi connectivity index (χ1v) is 5.18. The molecule has 15 heavy (non-hydrogen) atoms. The third-order valence-electron chi connectivity index (χ3n) is 1.74. The Morgan fingerprint density at radius 3 is 3.13 bits per heavy atom. The molecule has 0 saturated carbocycles. The second-order valence-corrected chi connectivity index (χ2v) is 3.96. The first-order valence-electron chi connectivity index (χ1n) is 4.30. The van der Waals surface area contributed by atoms with Crippen LogP contribution in [-0.2, 0) is 6.54 Å². The fourth-order valence-corrected chi connectivity index (χ4v) is 1.67. The lowest BCUT2D eigenvalue weighted by atomic mass is 10.4. The number of hydrogen-bond donors (Lipinski definition) is 2. The zero-order valence-electron chi connectivity index (χ0n) is 8.02. The van der Waals surface area contributed by atoms with Crippen molar-refractivity contribution in [1.82, 2.24) is 25.7 Å². The molecular formula is C8H9N5OS. The quantitative estimate of drug-likeness (QED) is 0.793. The van der Waals surface area contributed by atoms with Crippen molar-refractivity contribution in [2.24, 2.45) is 0 Å². The van der Waals surface area contributed by atoms with Gasteiger partial charge in [0.25, 0.3) is 5.91 Å². The number of amides is 1. The number of aromatic nitrogens is 4. The van der Waals surface area contributed by atoms with Crippen molar-refractivity contribution in [2.45, 2.75) is 13.5 Å². The highest BCUT2D eigenvalue weighted by Crippen LogP contribution is 2.07. The SMILES string of the molecule is Cc1nc(CNC(=O)c2cn[nH]n2)cs1. The van der Waals surface area contributed by atoms with Crippen molar-refractivity contribution >= 4 is 17.2 Å². The van der Waals surface area contributed by atoms with Gasteiger partial charge in [0.05, 0.1) is 23.4 Å². The molecule has 0 saturated heterocycles. The van der Waals surface area contributed by atoms with Gasteiger partial charge < -0.3 is 5.32 Å². The molecule has 1 amide bonds. The van der Waals surface area contributed by atoms with Crippen LogP contribution < -0.4 is 5.32 Å². The van der Waals surface area contributed by atoms with E-state index >= 15 is 0 Å². The van der Waals surface area contributed by atoms with Gasteiger partial charge in [-0.15, -0.1) is 11.3 Å². The van der Waals surface area contributed by atoms with Crippen LogP contribution in [0.5, 0.6) is 0 Å². The summed E-state index contributed by atoms with van der Waals surface area (Å²) in [5.74, 6) is -0.255. The third kappa shape index (κ3) is 2.38. The normalized spacial score (nSPS) is 10.2. The maximum Gasteiger partial charge on any atom is 0.273 e. The number of carbonyl (C=O) groups excluding carboxylic acids is 1. The molecule has 2 N–H and O–H groups in total. The van der Waals surface area contributed by atoms with E-state index in [4.69, 9.17) is 0 Å². The average molecular weight is 223 g/mol. The van der Waals surface area contributed by atoms with Crippen LogP contribution in [0.4, 0.5) is 0 Å². The predicted molar refractivity (Wildman–Crippen MR) is 54.4 cm³/mol. The second kappa shape index (κ2) is 4.18. The van der Waals surface area contributed by atoms with Gasteiger partial charge in [-0.25, -0.2) is 4.98 Å². The summed E-state index contributed by atoms with van der Waals surface area (Å²) in [6.07, 6.45) is 1.38. The Morgan fingerprint density at radius 1 is 1.67 bits per heavy atom. The fourth-order valence-electron chi connectivity index (χ4n) is 1.06. The van der Waals surface area contributed by atoms with Crippen molar-refractivity contribution in [2.75, 3.05) is 0 Å². The fraction of sp³-hybridized carbons (Fsp3) is 0.250. The molecule has 0 bridgehead atoms. The van der Waals surface area contributed by atoms with Crippen molar-refractivity contribution < 1.29 is 4.79 Å². The van der Waals surface area contributed by atoms with Gasteiger partial charge in [-0.1, -0.05) is 0 Å². The Kier molecular flexibility index (Phi) is 2.72. The third-order valence-corrected chi connectivity index (χ3v) is 2.57. The zero-order chi connectivity index (χ0) is 10.7. The lowest BCUT2D eigenvalue weighted by Crippen LogP contribution is -2.23.